The Morgan fingerprint density at radius 3 is 2.58 bits per heavy atom. The fourth-order valence-corrected chi connectivity index (χ4v) is 2.22. The zero-order valence-electron chi connectivity index (χ0n) is 8.25. The van der Waals surface area contributed by atoms with Crippen molar-refractivity contribution in [1.82, 2.24) is 0 Å². The Morgan fingerprint density at radius 2 is 2.00 bits per heavy atom. The van der Waals surface area contributed by atoms with Crippen molar-refractivity contribution in [3.8, 4) is 0 Å². The third kappa shape index (κ3) is 2.62. The SMILES string of the molecule is CC1CCC(CCC=O)CC1C. The predicted octanol–water partition coefficient (Wildman–Crippen LogP) is 3.04. The first-order valence-electron chi connectivity index (χ1n) is 5.17. The molecule has 70 valence electrons. The second kappa shape index (κ2) is 4.64. The number of rotatable bonds is 3. The van der Waals surface area contributed by atoms with E-state index in [-0.39, 0.29) is 0 Å². The van der Waals surface area contributed by atoms with Crippen LogP contribution in [-0.2, 0) is 4.79 Å². The van der Waals surface area contributed by atoms with Crippen LogP contribution in [-0.4, -0.2) is 6.29 Å². The number of aldehydes is 1. The van der Waals surface area contributed by atoms with Gasteiger partial charge in [-0.2, -0.15) is 0 Å². The minimum absolute atomic E-state index is 0.770. The number of carbonyl (C=O) groups excluding carboxylic acids is 1. The van der Waals surface area contributed by atoms with E-state index in [9.17, 15) is 4.79 Å². The summed E-state index contributed by atoms with van der Waals surface area (Å²) in [7, 11) is 0. The number of hydrogen-bond donors (Lipinski definition) is 0. The van der Waals surface area contributed by atoms with E-state index in [1.54, 1.807) is 0 Å². The molecule has 0 aromatic rings. The molecule has 0 spiro atoms. The lowest BCUT2D eigenvalue weighted by Crippen LogP contribution is -2.20. The van der Waals surface area contributed by atoms with Crippen LogP contribution < -0.4 is 0 Å². The number of carbonyl (C=O) groups is 1. The molecule has 1 aliphatic carbocycles. The topological polar surface area (TPSA) is 17.1 Å². The predicted molar refractivity (Wildman–Crippen MR) is 51.0 cm³/mol. The lowest BCUT2D eigenvalue weighted by molar-refractivity contribution is -0.108. The summed E-state index contributed by atoms with van der Waals surface area (Å²) in [6.07, 6.45) is 7.01. The van der Waals surface area contributed by atoms with Gasteiger partial charge in [0.1, 0.15) is 6.29 Å². The molecule has 0 heterocycles. The van der Waals surface area contributed by atoms with Crippen molar-refractivity contribution < 1.29 is 4.79 Å². The normalized spacial score (nSPS) is 36.3. The monoisotopic (exact) mass is 168 g/mol. The van der Waals surface area contributed by atoms with Crippen molar-refractivity contribution in [2.75, 3.05) is 0 Å². The second-order valence-corrected chi connectivity index (χ2v) is 4.38. The van der Waals surface area contributed by atoms with E-state index in [2.05, 4.69) is 13.8 Å². The summed E-state index contributed by atoms with van der Waals surface area (Å²) < 4.78 is 0. The van der Waals surface area contributed by atoms with E-state index in [0.717, 1.165) is 36.9 Å². The molecule has 0 radical (unpaired) electrons. The van der Waals surface area contributed by atoms with Crippen LogP contribution >= 0.6 is 0 Å². The van der Waals surface area contributed by atoms with E-state index >= 15 is 0 Å². The van der Waals surface area contributed by atoms with Gasteiger partial charge >= 0.3 is 0 Å². The van der Waals surface area contributed by atoms with Crippen molar-refractivity contribution in [3.63, 3.8) is 0 Å². The number of hydrogen-bond acceptors (Lipinski definition) is 1. The van der Waals surface area contributed by atoms with Crippen molar-refractivity contribution >= 4 is 6.29 Å². The van der Waals surface area contributed by atoms with Crippen LogP contribution in [0.1, 0.15) is 46.0 Å². The van der Waals surface area contributed by atoms with E-state index in [0.29, 0.717) is 0 Å². The van der Waals surface area contributed by atoms with Crippen molar-refractivity contribution in [3.05, 3.63) is 0 Å². The molecule has 1 aliphatic rings. The van der Waals surface area contributed by atoms with Crippen LogP contribution in [0.15, 0.2) is 0 Å². The first kappa shape index (κ1) is 9.76. The maximum atomic E-state index is 10.2. The Hall–Kier alpha value is -0.330. The lowest BCUT2D eigenvalue weighted by Gasteiger charge is -2.31. The molecule has 3 atom stereocenters. The minimum Gasteiger partial charge on any atom is -0.303 e. The Balaban J connectivity index is 2.25. The molecule has 0 N–H and O–H groups in total. The Morgan fingerprint density at radius 1 is 1.25 bits per heavy atom. The van der Waals surface area contributed by atoms with Crippen LogP contribution in [0.4, 0.5) is 0 Å². The zero-order chi connectivity index (χ0) is 8.97. The summed E-state index contributed by atoms with van der Waals surface area (Å²) in [5, 5.41) is 0. The van der Waals surface area contributed by atoms with Gasteiger partial charge in [-0.1, -0.05) is 26.7 Å². The molecule has 1 nitrogen and oxygen atoms in total. The fourth-order valence-electron chi connectivity index (χ4n) is 2.22. The van der Waals surface area contributed by atoms with Gasteiger partial charge in [0.2, 0.25) is 0 Å². The highest BCUT2D eigenvalue weighted by Gasteiger charge is 2.23. The van der Waals surface area contributed by atoms with Crippen molar-refractivity contribution in [2.45, 2.75) is 46.0 Å². The molecule has 0 bridgehead atoms. The van der Waals surface area contributed by atoms with Gasteiger partial charge in [0.25, 0.3) is 0 Å². The van der Waals surface area contributed by atoms with Gasteiger partial charge in [0.15, 0.2) is 0 Å². The highest BCUT2D eigenvalue weighted by Crippen LogP contribution is 2.35. The van der Waals surface area contributed by atoms with Crippen molar-refractivity contribution in [2.24, 2.45) is 17.8 Å². The summed E-state index contributed by atoms with van der Waals surface area (Å²) in [5.41, 5.74) is 0. The summed E-state index contributed by atoms with van der Waals surface area (Å²) in [5.74, 6) is 2.61. The molecule has 1 heteroatoms. The Kier molecular flexibility index (Phi) is 3.77. The first-order valence-corrected chi connectivity index (χ1v) is 5.17. The summed E-state index contributed by atoms with van der Waals surface area (Å²) in [6.45, 7) is 4.69. The third-order valence-corrected chi connectivity index (χ3v) is 3.40. The standard InChI is InChI=1S/C11H20O/c1-9-5-6-11(4-3-7-12)8-10(9)2/h7,9-11H,3-6,8H2,1-2H3. The molecule has 3 unspecified atom stereocenters. The van der Waals surface area contributed by atoms with Gasteiger partial charge in [0.05, 0.1) is 0 Å². The molecule has 0 amide bonds. The van der Waals surface area contributed by atoms with Gasteiger partial charge in [0, 0.05) is 6.42 Å². The van der Waals surface area contributed by atoms with Crippen LogP contribution in [0.5, 0.6) is 0 Å². The van der Waals surface area contributed by atoms with Gasteiger partial charge in [-0.25, -0.2) is 0 Å². The maximum Gasteiger partial charge on any atom is 0.120 e. The molecule has 1 rings (SSSR count). The smallest absolute Gasteiger partial charge is 0.120 e. The molecule has 1 saturated carbocycles. The largest absolute Gasteiger partial charge is 0.303 e. The first-order chi connectivity index (χ1) is 5.74. The minimum atomic E-state index is 0.770. The summed E-state index contributed by atoms with van der Waals surface area (Å²) >= 11 is 0. The van der Waals surface area contributed by atoms with Crippen LogP contribution in [0.3, 0.4) is 0 Å². The molecular weight excluding hydrogens is 148 g/mol. The molecule has 12 heavy (non-hydrogen) atoms. The summed E-state index contributed by atoms with van der Waals surface area (Å²) in [4.78, 5) is 10.2. The summed E-state index contributed by atoms with van der Waals surface area (Å²) in [6, 6.07) is 0. The zero-order valence-corrected chi connectivity index (χ0v) is 8.25. The van der Waals surface area contributed by atoms with E-state index in [1.807, 2.05) is 0 Å². The highest BCUT2D eigenvalue weighted by atomic mass is 16.1. The fraction of sp³-hybridized carbons (Fsp3) is 0.909. The second-order valence-electron chi connectivity index (χ2n) is 4.38. The van der Waals surface area contributed by atoms with Gasteiger partial charge in [-0.05, 0) is 30.6 Å². The molecule has 0 saturated heterocycles. The molecule has 0 aromatic heterocycles. The lowest BCUT2D eigenvalue weighted by atomic mass is 9.74. The Labute approximate surface area is 75.5 Å². The van der Waals surface area contributed by atoms with Gasteiger partial charge in [-0.3, -0.25) is 0 Å². The van der Waals surface area contributed by atoms with Gasteiger partial charge in [-0.15, -0.1) is 0 Å². The van der Waals surface area contributed by atoms with E-state index < -0.39 is 0 Å². The van der Waals surface area contributed by atoms with Crippen LogP contribution in [0.25, 0.3) is 0 Å². The van der Waals surface area contributed by atoms with Crippen LogP contribution in [0, 0.1) is 17.8 Å². The average molecular weight is 168 g/mol. The van der Waals surface area contributed by atoms with Crippen molar-refractivity contribution in [1.29, 1.82) is 0 Å². The highest BCUT2D eigenvalue weighted by molar-refractivity contribution is 5.49. The van der Waals surface area contributed by atoms with Gasteiger partial charge < -0.3 is 4.79 Å². The van der Waals surface area contributed by atoms with E-state index in [4.69, 9.17) is 0 Å². The molecule has 0 aliphatic heterocycles. The quantitative estimate of drug-likeness (QED) is 0.592. The molecule has 0 aromatic carbocycles. The van der Waals surface area contributed by atoms with Crippen LogP contribution in [0.2, 0.25) is 0 Å². The average Bonchev–Trinajstić information content (AvgIpc) is 2.07. The third-order valence-electron chi connectivity index (χ3n) is 3.40. The molecule has 1 fully saturated rings. The molecular formula is C11H20O. The van der Waals surface area contributed by atoms with E-state index in [1.165, 1.54) is 19.3 Å². The maximum absolute atomic E-state index is 10.2. The Bertz CT molecular complexity index is 142.